The number of nitrogens with one attached hydrogen (secondary N) is 1. The van der Waals surface area contributed by atoms with E-state index in [1.165, 1.54) is 31.8 Å². The SMILES string of the molecule is COC(=O)c1ccccc1C(=O)Nn1cnc2c(cnn2-c2ccc(C)c(C)c2)c1=O. The van der Waals surface area contributed by atoms with E-state index in [0.29, 0.717) is 5.65 Å². The largest absolute Gasteiger partial charge is 0.465 e. The van der Waals surface area contributed by atoms with Gasteiger partial charge in [-0.1, -0.05) is 18.2 Å². The molecule has 4 aromatic rings. The fraction of sp³-hybridized carbons (Fsp3) is 0.136. The van der Waals surface area contributed by atoms with Crippen molar-refractivity contribution in [2.75, 3.05) is 12.5 Å². The number of carbonyl (C=O) groups is 2. The summed E-state index contributed by atoms with van der Waals surface area (Å²) in [6.07, 6.45) is 2.62. The third-order valence-corrected chi connectivity index (χ3v) is 5.02. The standard InChI is InChI=1S/C22H19N5O4/c1-13-8-9-15(10-14(13)2)27-19-18(11-24-27)21(29)26(12-23-19)25-20(28)16-6-4-5-7-17(16)22(30)31-3/h4-12H,1-3H3,(H,25,28). The lowest BCUT2D eigenvalue weighted by molar-refractivity contribution is 0.0597. The molecule has 0 saturated heterocycles. The number of methoxy groups -OCH3 is 1. The first-order chi connectivity index (χ1) is 14.9. The van der Waals surface area contributed by atoms with Gasteiger partial charge in [-0.25, -0.2) is 19.1 Å². The quantitative estimate of drug-likeness (QED) is 0.511. The summed E-state index contributed by atoms with van der Waals surface area (Å²) in [5.74, 6) is -1.30. The first kappa shape index (κ1) is 20.0. The number of rotatable bonds is 4. The number of nitrogens with zero attached hydrogens (tertiary/aromatic N) is 4. The van der Waals surface area contributed by atoms with E-state index in [-0.39, 0.29) is 16.5 Å². The minimum Gasteiger partial charge on any atom is -0.465 e. The van der Waals surface area contributed by atoms with Crippen LogP contribution in [0.15, 0.2) is 59.8 Å². The van der Waals surface area contributed by atoms with Crippen molar-refractivity contribution in [3.63, 3.8) is 0 Å². The number of ether oxygens (including phenoxy) is 1. The Hall–Kier alpha value is -4.27. The molecule has 4 rings (SSSR count). The van der Waals surface area contributed by atoms with E-state index in [1.54, 1.807) is 16.8 Å². The van der Waals surface area contributed by atoms with Crippen LogP contribution < -0.4 is 11.0 Å². The van der Waals surface area contributed by atoms with E-state index < -0.39 is 17.4 Å². The molecule has 2 aromatic carbocycles. The van der Waals surface area contributed by atoms with Crippen molar-refractivity contribution < 1.29 is 14.3 Å². The molecular formula is C22H19N5O4. The third kappa shape index (κ3) is 3.57. The molecule has 0 aliphatic rings. The van der Waals surface area contributed by atoms with E-state index in [2.05, 4.69) is 15.5 Å². The first-order valence-electron chi connectivity index (χ1n) is 9.42. The van der Waals surface area contributed by atoms with Crippen LogP contribution in [0, 0.1) is 13.8 Å². The van der Waals surface area contributed by atoms with E-state index in [0.717, 1.165) is 21.5 Å². The van der Waals surface area contributed by atoms with Gasteiger partial charge < -0.3 is 4.74 Å². The van der Waals surface area contributed by atoms with Crippen LogP contribution in [0.25, 0.3) is 16.7 Å². The molecule has 0 aliphatic carbocycles. The molecule has 31 heavy (non-hydrogen) atoms. The maximum atomic E-state index is 12.9. The molecule has 1 amide bonds. The zero-order valence-corrected chi connectivity index (χ0v) is 17.1. The van der Waals surface area contributed by atoms with Gasteiger partial charge in [0.1, 0.15) is 11.7 Å². The summed E-state index contributed by atoms with van der Waals surface area (Å²) in [5, 5.41) is 4.53. The monoisotopic (exact) mass is 417 g/mol. The van der Waals surface area contributed by atoms with Crippen molar-refractivity contribution in [2.24, 2.45) is 0 Å². The van der Waals surface area contributed by atoms with Crippen LogP contribution >= 0.6 is 0 Å². The summed E-state index contributed by atoms with van der Waals surface area (Å²) in [5.41, 5.74) is 5.51. The molecular weight excluding hydrogens is 398 g/mol. The van der Waals surface area contributed by atoms with Gasteiger partial charge in [-0.15, -0.1) is 0 Å². The van der Waals surface area contributed by atoms with Crippen molar-refractivity contribution in [2.45, 2.75) is 13.8 Å². The van der Waals surface area contributed by atoms with Gasteiger partial charge >= 0.3 is 5.97 Å². The minimum atomic E-state index is -0.652. The average molecular weight is 417 g/mol. The molecule has 2 heterocycles. The molecule has 0 atom stereocenters. The molecule has 0 radical (unpaired) electrons. The van der Waals surface area contributed by atoms with Crippen LogP contribution in [0.2, 0.25) is 0 Å². The Morgan fingerprint density at radius 2 is 1.77 bits per heavy atom. The summed E-state index contributed by atoms with van der Waals surface area (Å²) in [6.45, 7) is 4.00. The van der Waals surface area contributed by atoms with Crippen LogP contribution in [0.5, 0.6) is 0 Å². The molecule has 0 spiro atoms. The molecule has 0 saturated carbocycles. The van der Waals surface area contributed by atoms with Crippen molar-refractivity contribution >= 4 is 22.9 Å². The fourth-order valence-electron chi connectivity index (χ4n) is 3.18. The number of carbonyl (C=O) groups excluding carboxylic acids is 2. The summed E-state index contributed by atoms with van der Waals surface area (Å²) in [6, 6.07) is 12.0. The lowest BCUT2D eigenvalue weighted by Gasteiger charge is -2.10. The highest BCUT2D eigenvalue weighted by atomic mass is 16.5. The average Bonchev–Trinajstić information content (AvgIpc) is 3.22. The zero-order valence-electron chi connectivity index (χ0n) is 17.1. The highest BCUT2D eigenvalue weighted by Gasteiger charge is 2.19. The summed E-state index contributed by atoms with van der Waals surface area (Å²) in [7, 11) is 1.23. The molecule has 1 N–H and O–H groups in total. The summed E-state index contributed by atoms with van der Waals surface area (Å²) in [4.78, 5) is 41.8. The second kappa shape index (κ2) is 7.86. The topological polar surface area (TPSA) is 108 Å². The number of aromatic nitrogens is 4. The predicted molar refractivity (Wildman–Crippen MR) is 114 cm³/mol. The van der Waals surface area contributed by atoms with Crippen molar-refractivity contribution in [3.8, 4) is 5.69 Å². The Labute approximate surface area is 176 Å². The van der Waals surface area contributed by atoms with Crippen LogP contribution in [-0.4, -0.2) is 38.4 Å². The first-order valence-corrected chi connectivity index (χ1v) is 9.42. The minimum absolute atomic E-state index is 0.0761. The van der Waals surface area contributed by atoms with Gasteiger partial charge in [0.25, 0.3) is 11.5 Å². The molecule has 156 valence electrons. The van der Waals surface area contributed by atoms with Crippen LogP contribution in [0.4, 0.5) is 0 Å². The molecule has 9 heteroatoms. The Morgan fingerprint density at radius 1 is 1.03 bits per heavy atom. The molecule has 0 fully saturated rings. The lowest BCUT2D eigenvalue weighted by atomic mass is 10.1. The van der Waals surface area contributed by atoms with Crippen molar-refractivity contribution in [3.05, 3.63) is 87.6 Å². The van der Waals surface area contributed by atoms with E-state index in [4.69, 9.17) is 4.74 Å². The zero-order chi connectivity index (χ0) is 22.1. The molecule has 9 nitrogen and oxygen atoms in total. The summed E-state index contributed by atoms with van der Waals surface area (Å²) >= 11 is 0. The van der Waals surface area contributed by atoms with Crippen LogP contribution in [0.3, 0.4) is 0 Å². The predicted octanol–water partition coefficient (Wildman–Crippen LogP) is 2.37. The molecule has 0 aliphatic heterocycles. The number of hydrogen-bond donors (Lipinski definition) is 1. The Morgan fingerprint density at radius 3 is 2.48 bits per heavy atom. The number of aryl methyl sites for hydroxylation is 2. The smallest absolute Gasteiger partial charge is 0.338 e. The van der Waals surface area contributed by atoms with Crippen LogP contribution in [-0.2, 0) is 4.74 Å². The summed E-state index contributed by atoms with van der Waals surface area (Å²) < 4.78 is 7.24. The molecule has 0 bridgehead atoms. The van der Waals surface area contributed by atoms with Gasteiger partial charge in [-0.3, -0.25) is 15.0 Å². The Bertz CT molecular complexity index is 1390. The van der Waals surface area contributed by atoms with Crippen molar-refractivity contribution in [1.29, 1.82) is 0 Å². The molecule has 2 aromatic heterocycles. The Kier molecular flexibility index (Phi) is 5.08. The normalized spacial score (nSPS) is 10.8. The highest BCUT2D eigenvalue weighted by Crippen LogP contribution is 2.17. The van der Waals surface area contributed by atoms with Gasteiger partial charge in [-0.2, -0.15) is 5.10 Å². The van der Waals surface area contributed by atoms with E-state index in [9.17, 15) is 14.4 Å². The van der Waals surface area contributed by atoms with E-state index >= 15 is 0 Å². The maximum absolute atomic E-state index is 12.9. The second-order valence-corrected chi connectivity index (χ2v) is 6.96. The lowest BCUT2D eigenvalue weighted by Crippen LogP contribution is -2.34. The highest BCUT2D eigenvalue weighted by molar-refractivity contribution is 6.08. The molecule has 0 unspecified atom stereocenters. The van der Waals surface area contributed by atoms with Gasteiger partial charge in [0.05, 0.1) is 30.1 Å². The van der Waals surface area contributed by atoms with Gasteiger partial charge in [0.2, 0.25) is 0 Å². The number of hydrogen-bond acceptors (Lipinski definition) is 6. The second-order valence-electron chi connectivity index (χ2n) is 6.96. The van der Waals surface area contributed by atoms with Gasteiger partial charge in [0.15, 0.2) is 5.65 Å². The maximum Gasteiger partial charge on any atom is 0.338 e. The number of fused-ring (bicyclic) bond motifs is 1. The number of amides is 1. The number of benzene rings is 2. The van der Waals surface area contributed by atoms with E-state index in [1.807, 2.05) is 32.0 Å². The Balaban J connectivity index is 1.70. The van der Waals surface area contributed by atoms with Crippen molar-refractivity contribution in [1.82, 2.24) is 19.4 Å². The third-order valence-electron chi connectivity index (χ3n) is 5.02. The van der Waals surface area contributed by atoms with Gasteiger partial charge in [0, 0.05) is 0 Å². The van der Waals surface area contributed by atoms with Crippen LogP contribution in [0.1, 0.15) is 31.8 Å². The number of esters is 1. The van der Waals surface area contributed by atoms with Gasteiger partial charge in [-0.05, 0) is 49.2 Å². The fourth-order valence-corrected chi connectivity index (χ4v) is 3.18.